The fraction of sp³-hybridized carbons (Fsp3) is 0.381. The normalized spacial score (nSPS) is 11.3. The molecular weight excluding hydrogens is 517 g/mol. The Morgan fingerprint density at radius 2 is 1.77 bits per heavy atom. The molecular formula is C21H29ClIN5O2. The lowest BCUT2D eigenvalue weighted by molar-refractivity contribution is 0.0636. The number of aliphatic imine (C=N–C) groups is 1. The summed E-state index contributed by atoms with van der Waals surface area (Å²) in [5.74, 6) is 0.711. The molecule has 1 amide bonds. The topological polar surface area (TPSA) is 87.6 Å². The number of anilines is 1. The number of pyridine rings is 1. The van der Waals surface area contributed by atoms with Gasteiger partial charge in [-0.1, -0.05) is 29.8 Å². The van der Waals surface area contributed by atoms with Crippen LogP contribution in [-0.2, 0) is 17.7 Å². The number of ether oxygens (including phenoxy) is 1. The molecule has 0 radical (unpaired) electrons. The molecule has 1 aromatic carbocycles. The summed E-state index contributed by atoms with van der Waals surface area (Å²) >= 11 is 5.79. The second-order valence-electron chi connectivity index (χ2n) is 7.42. The Morgan fingerprint density at radius 1 is 1.10 bits per heavy atom. The lowest BCUT2D eigenvalue weighted by atomic mass is 10.1. The molecule has 0 bridgehead atoms. The van der Waals surface area contributed by atoms with E-state index in [0.29, 0.717) is 23.3 Å². The van der Waals surface area contributed by atoms with Gasteiger partial charge in [-0.25, -0.2) is 9.78 Å². The van der Waals surface area contributed by atoms with Gasteiger partial charge in [-0.2, -0.15) is 0 Å². The Hall–Kier alpha value is -2.07. The summed E-state index contributed by atoms with van der Waals surface area (Å²) in [4.78, 5) is 20.1. The summed E-state index contributed by atoms with van der Waals surface area (Å²) in [6.45, 7) is 6.82. The molecule has 1 heterocycles. The van der Waals surface area contributed by atoms with Crippen molar-refractivity contribution in [2.45, 2.75) is 39.3 Å². The number of benzene rings is 1. The SMILES string of the molecule is CN=C(NCCc1ccc(NC(=O)OC(C)(C)C)cc1)NCc1ccc(Cl)nc1.I. The maximum atomic E-state index is 11.8. The molecule has 0 aliphatic heterocycles. The van der Waals surface area contributed by atoms with Gasteiger partial charge in [-0.15, -0.1) is 24.0 Å². The first kappa shape index (κ1) is 26.0. The highest BCUT2D eigenvalue weighted by atomic mass is 127. The summed E-state index contributed by atoms with van der Waals surface area (Å²) in [7, 11) is 1.73. The van der Waals surface area contributed by atoms with Crippen molar-refractivity contribution in [3.63, 3.8) is 0 Å². The van der Waals surface area contributed by atoms with Gasteiger partial charge in [0.15, 0.2) is 5.96 Å². The highest BCUT2D eigenvalue weighted by molar-refractivity contribution is 14.0. The first-order valence-electron chi connectivity index (χ1n) is 9.39. The lowest BCUT2D eigenvalue weighted by Crippen LogP contribution is -2.37. The number of carbonyl (C=O) groups is 1. The highest BCUT2D eigenvalue weighted by Crippen LogP contribution is 2.13. The highest BCUT2D eigenvalue weighted by Gasteiger charge is 2.16. The van der Waals surface area contributed by atoms with Crippen molar-refractivity contribution in [1.82, 2.24) is 15.6 Å². The van der Waals surface area contributed by atoms with Crippen molar-refractivity contribution in [2.75, 3.05) is 18.9 Å². The van der Waals surface area contributed by atoms with Crippen LogP contribution >= 0.6 is 35.6 Å². The Bertz CT molecular complexity index is 821. The van der Waals surface area contributed by atoms with E-state index in [-0.39, 0.29) is 24.0 Å². The quantitative estimate of drug-likeness (QED) is 0.214. The fourth-order valence-corrected chi connectivity index (χ4v) is 2.53. The van der Waals surface area contributed by atoms with Crippen LogP contribution in [0.3, 0.4) is 0 Å². The molecule has 1 aromatic heterocycles. The summed E-state index contributed by atoms with van der Waals surface area (Å²) in [6.07, 6.45) is 2.09. The van der Waals surface area contributed by atoms with Crippen LogP contribution in [0.15, 0.2) is 47.6 Å². The number of amides is 1. The third-order valence-electron chi connectivity index (χ3n) is 3.78. The van der Waals surface area contributed by atoms with E-state index in [1.807, 2.05) is 51.1 Å². The van der Waals surface area contributed by atoms with Gasteiger partial charge in [-0.05, 0) is 56.5 Å². The number of nitrogens with zero attached hydrogens (tertiary/aromatic N) is 2. The molecule has 0 aliphatic rings. The molecule has 0 atom stereocenters. The second kappa shape index (κ2) is 12.6. The summed E-state index contributed by atoms with van der Waals surface area (Å²) in [5, 5.41) is 9.71. The fourth-order valence-electron chi connectivity index (χ4n) is 2.42. The van der Waals surface area contributed by atoms with E-state index in [2.05, 4.69) is 25.9 Å². The number of nitrogens with one attached hydrogen (secondary N) is 3. The van der Waals surface area contributed by atoms with Crippen molar-refractivity contribution < 1.29 is 9.53 Å². The van der Waals surface area contributed by atoms with Gasteiger partial charge in [0.2, 0.25) is 0 Å². The number of carbonyl (C=O) groups excluding carboxylic acids is 1. The number of rotatable bonds is 6. The molecule has 0 spiro atoms. The molecule has 0 saturated carbocycles. The van der Waals surface area contributed by atoms with Crippen LogP contribution in [0.25, 0.3) is 0 Å². The van der Waals surface area contributed by atoms with Crippen molar-refractivity contribution in [2.24, 2.45) is 4.99 Å². The number of guanidine groups is 1. The van der Waals surface area contributed by atoms with Crippen LogP contribution in [-0.4, -0.2) is 36.2 Å². The van der Waals surface area contributed by atoms with E-state index >= 15 is 0 Å². The first-order chi connectivity index (χ1) is 13.7. The van der Waals surface area contributed by atoms with Crippen molar-refractivity contribution >= 4 is 53.3 Å². The number of hydrogen-bond donors (Lipinski definition) is 3. The zero-order valence-electron chi connectivity index (χ0n) is 17.7. The molecule has 164 valence electrons. The molecule has 9 heteroatoms. The van der Waals surface area contributed by atoms with E-state index in [1.54, 1.807) is 19.3 Å². The molecule has 0 unspecified atom stereocenters. The van der Waals surface area contributed by atoms with Crippen LogP contribution < -0.4 is 16.0 Å². The standard InChI is InChI=1S/C21H28ClN5O2.HI/c1-21(2,3)29-20(28)27-17-8-5-15(6-9-17)11-12-24-19(23-4)26-14-16-7-10-18(22)25-13-16;/h5-10,13H,11-12,14H2,1-4H3,(H,27,28)(H2,23,24,26);1H. The molecule has 0 aliphatic carbocycles. The van der Waals surface area contributed by atoms with E-state index < -0.39 is 11.7 Å². The average molecular weight is 546 g/mol. The largest absolute Gasteiger partial charge is 0.444 e. The summed E-state index contributed by atoms with van der Waals surface area (Å²) in [5.41, 5.74) is 2.34. The molecule has 0 fully saturated rings. The van der Waals surface area contributed by atoms with Gasteiger partial charge in [0, 0.05) is 32.0 Å². The minimum atomic E-state index is -0.521. The summed E-state index contributed by atoms with van der Waals surface area (Å²) < 4.78 is 5.25. The number of halogens is 2. The Morgan fingerprint density at radius 3 is 2.33 bits per heavy atom. The smallest absolute Gasteiger partial charge is 0.412 e. The van der Waals surface area contributed by atoms with E-state index in [4.69, 9.17) is 16.3 Å². The van der Waals surface area contributed by atoms with Gasteiger partial charge < -0.3 is 15.4 Å². The summed E-state index contributed by atoms with van der Waals surface area (Å²) in [6, 6.07) is 11.4. The Kier molecular flexibility index (Phi) is 10.9. The minimum Gasteiger partial charge on any atom is -0.444 e. The molecule has 3 N–H and O–H groups in total. The predicted molar refractivity (Wildman–Crippen MR) is 133 cm³/mol. The van der Waals surface area contributed by atoms with Crippen LogP contribution in [0.5, 0.6) is 0 Å². The van der Waals surface area contributed by atoms with Crippen molar-refractivity contribution in [1.29, 1.82) is 0 Å². The van der Waals surface area contributed by atoms with Crippen LogP contribution in [0.4, 0.5) is 10.5 Å². The first-order valence-corrected chi connectivity index (χ1v) is 9.77. The number of aromatic nitrogens is 1. The van der Waals surface area contributed by atoms with E-state index in [1.165, 1.54) is 0 Å². The molecule has 30 heavy (non-hydrogen) atoms. The molecule has 0 saturated heterocycles. The lowest BCUT2D eigenvalue weighted by Gasteiger charge is -2.19. The predicted octanol–water partition coefficient (Wildman–Crippen LogP) is 4.61. The van der Waals surface area contributed by atoms with Gasteiger partial charge in [0.25, 0.3) is 0 Å². The van der Waals surface area contributed by atoms with Crippen molar-refractivity contribution in [3.05, 3.63) is 58.9 Å². The monoisotopic (exact) mass is 545 g/mol. The molecule has 7 nitrogen and oxygen atoms in total. The van der Waals surface area contributed by atoms with E-state index in [0.717, 1.165) is 24.1 Å². The molecule has 2 aromatic rings. The van der Waals surface area contributed by atoms with Crippen LogP contribution in [0.2, 0.25) is 5.15 Å². The number of hydrogen-bond acceptors (Lipinski definition) is 4. The average Bonchev–Trinajstić information content (AvgIpc) is 2.65. The maximum absolute atomic E-state index is 11.8. The van der Waals surface area contributed by atoms with Gasteiger partial charge in [0.1, 0.15) is 10.8 Å². The third kappa shape index (κ3) is 10.1. The van der Waals surface area contributed by atoms with Crippen LogP contribution in [0.1, 0.15) is 31.9 Å². The van der Waals surface area contributed by atoms with Crippen LogP contribution in [0, 0.1) is 0 Å². The minimum absolute atomic E-state index is 0. The zero-order valence-corrected chi connectivity index (χ0v) is 20.7. The third-order valence-corrected chi connectivity index (χ3v) is 4.00. The molecule has 2 rings (SSSR count). The zero-order chi connectivity index (χ0) is 21.3. The van der Waals surface area contributed by atoms with E-state index in [9.17, 15) is 4.79 Å². The Balaban J connectivity index is 0.00000450. The Labute approximate surface area is 200 Å². The van der Waals surface area contributed by atoms with Gasteiger partial charge >= 0.3 is 6.09 Å². The van der Waals surface area contributed by atoms with Gasteiger partial charge in [-0.3, -0.25) is 10.3 Å². The maximum Gasteiger partial charge on any atom is 0.412 e. The second-order valence-corrected chi connectivity index (χ2v) is 7.80. The van der Waals surface area contributed by atoms with Gasteiger partial charge in [0.05, 0.1) is 0 Å². The van der Waals surface area contributed by atoms with Crippen molar-refractivity contribution in [3.8, 4) is 0 Å².